The van der Waals surface area contributed by atoms with E-state index in [2.05, 4.69) is 5.32 Å². The highest BCUT2D eigenvalue weighted by Crippen LogP contribution is 2.13. The van der Waals surface area contributed by atoms with Gasteiger partial charge >= 0.3 is 0 Å². The molecule has 0 aliphatic heterocycles. The molecule has 0 atom stereocenters. The molecule has 0 saturated carbocycles. The monoisotopic (exact) mass is 239 g/mol. The van der Waals surface area contributed by atoms with Gasteiger partial charge in [0.15, 0.2) is 0 Å². The van der Waals surface area contributed by atoms with Crippen molar-refractivity contribution in [2.24, 2.45) is 0 Å². The number of nitrogens with one attached hydrogen (secondary N) is 1. The van der Waals surface area contributed by atoms with Crippen molar-refractivity contribution in [3.63, 3.8) is 0 Å². The highest BCUT2D eigenvalue weighted by Gasteiger charge is 2.06. The van der Waals surface area contributed by atoms with E-state index < -0.39 is 0 Å². The Morgan fingerprint density at radius 2 is 1.56 bits per heavy atom. The first-order chi connectivity index (χ1) is 8.56. The zero-order valence-electron chi connectivity index (χ0n) is 10.9. The maximum absolute atomic E-state index is 12.1. The summed E-state index contributed by atoms with van der Waals surface area (Å²) in [6, 6.07) is 13.5. The van der Waals surface area contributed by atoms with Crippen LogP contribution in [0, 0.1) is 20.8 Å². The average Bonchev–Trinajstić information content (AvgIpc) is 2.35. The summed E-state index contributed by atoms with van der Waals surface area (Å²) in [5.74, 6) is -0.0676. The zero-order chi connectivity index (χ0) is 13.1. The molecule has 0 aliphatic rings. The number of aryl methyl sites for hydroxylation is 3. The van der Waals surface area contributed by atoms with Crippen molar-refractivity contribution in [2.45, 2.75) is 20.8 Å². The largest absolute Gasteiger partial charge is 0.322 e. The minimum absolute atomic E-state index is 0.0676. The topological polar surface area (TPSA) is 29.1 Å². The lowest BCUT2D eigenvalue weighted by Crippen LogP contribution is -2.12. The van der Waals surface area contributed by atoms with E-state index in [4.69, 9.17) is 0 Å². The van der Waals surface area contributed by atoms with E-state index in [1.54, 1.807) is 0 Å². The molecular weight excluding hydrogens is 222 g/mol. The van der Waals surface area contributed by atoms with E-state index in [-0.39, 0.29) is 5.91 Å². The Labute approximate surface area is 108 Å². The molecule has 0 bridgehead atoms. The Kier molecular flexibility index (Phi) is 3.47. The Morgan fingerprint density at radius 1 is 0.889 bits per heavy atom. The summed E-state index contributed by atoms with van der Waals surface area (Å²) >= 11 is 0. The summed E-state index contributed by atoms with van der Waals surface area (Å²) in [6.07, 6.45) is 0. The van der Waals surface area contributed by atoms with Crippen LogP contribution in [0.3, 0.4) is 0 Å². The van der Waals surface area contributed by atoms with Gasteiger partial charge in [-0.15, -0.1) is 0 Å². The van der Waals surface area contributed by atoms with Crippen LogP contribution in [0.25, 0.3) is 0 Å². The van der Waals surface area contributed by atoms with Gasteiger partial charge in [0.25, 0.3) is 5.91 Å². The number of hydrogen-bond donors (Lipinski definition) is 1. The van der Waals surface area contributed by atoms with Gasteiger partial charge < -0.3 is 5.32 Å². The lowest BCUT2D eigenvalue weighted by Gasteiger charge is -2.07. The minimum atomic E-state index is -0.0676. The molecule has 1 amide bonds. The van der Waals surface area contributed by atoms with Crippen LogP contribution in [-0.4, -0.2) is 5.91 Å². The maximum atomic E-state index is 12.1. The number of carbonyl (C=O) groups is 1. The molecule has 92 valence electrons. The lowest BCUT2D eigenvalue weighted by atomic mass is 10.1. The van der Waals surface area contributed by atoms with E-state index in [0.29, 0.717) is 5.56 Å². The predicted molar refractivity (Wildman–Crippen MR) is 75.0 cm³/mol. The number of anilines is 1. The van der Waals surface area contributed by atoms with Gasteiger partial charge in [0.2, 0.25) is 0 Å². The number of carbonyl (C=O) groups excluding carboxylic acids is 1. The van der Waals surface area contributed by atoms with Gasteiger partial charge in [0.05, 0.1) is 0 Å². The fourth-order valence-corrected chi connectivity index (χ4v) is 1.72. The molecular formula is C16H17NO. The van der Waals surface area contributed by atoms with E-state index in [0.717, 1.165) is 11.3 Å². The molecule has 2 aromatic carbocycles. The number of amides is 1. The second kappa shape index (κ2) is 5.05. The van der Waals surface area contributed by atoms with Crippen LogP contribution in [0.1, 0.15) is 27.0 Å². The van der Waals surface area contributed by atoms with Crippen molar-refractivity contribution in [3.8, 4) is 0 Å². The van der Waals surface area contributed by atoms with Crippen LogP contribution in [0.5, 0.6) is 0 Å². The fraction of sp³-hybridized carbons (Fsp3) is 0.188. The highest BCUT2D eigenvalue weighted by molar-refractivity contribution is 6.04. The van der Waals surface area contributed by atoms with Gasteiger partial charge in [0, 0.05) is 11.3 Å². The van der Waals surface area contributed by atoms with Crippen molar-refractivity contribution < 1.29 is 4.79 Å². The first-order valence-corrected chi connectivity index (χ1v) is 6.01. The normalized spacial score (nSPS) is 10.2. The first kappa shape index (κ1) is 12.4. The summed E-state index contributed by atoms with van der Waals surface area (Å²) in [4.78, 5) is 12.1. The summed E-state index contributed by atoms with van der Waals surface area (Å²) in [5, 5.41) is 2.89. The molecule has 2 heteroatoms. The van der Waals surface area contributed by atoms with Crippen molar-refractivity contribution in [2.75, 3.05) is 5.32 Å². The Morgan fingerprint density at radius 3 is 2.17 bits per heavy atom. The van der Waals surface area contributed by atoms with Gasteiger partial charge in [-0.1, -0.05) is 23.8 Å². The van der Waals surface area contributed by atoms with Crippen LogP contribution in [-0.2, 0) is 0 Å². The minimum Gasteiger partial charge on any atom is -0.322 e. The van der Waals surface area contributed by atoms with Gasteiger partial charge in [-0.25, -0.2) is 0 Å². The van der Waals surface area contributed by atoms with Crippen LogP contribution in [0.4, 0.5) is 5.69 Å². The Balaban J connectivity index is 2.16. The number of benzene rings is 2. The molecule has 18 heavy (non-hydrogen) atoms. The number of hydrogen-bond acceptors (Lipinski definition) is 1. The second-order valence-electron chi connectivity index (χ2n) is 4.62. The third-order valence-corrected chi connectivity index (χ3v) is 3.08. The van der Waals surface area contributed by atoms with Gasteiger partial charge in [-0.2, -0.15) is 0 Å². The standard InChI is InChI=1S/C16H17NO/c1-11-4-8-15(9-5-11)17-16(18)14-7-6-12(2)13(3)10-14/h4-10H,1-3H3,(H,17,18). The molecule has 2 nitrogen and oxygen atoms in total. The molecule has 0 aliphatic carbocycles. The molecule has 0 fully saturated rings. The van der Waals surface area contributed by atoms with E-state index >= 15 is 0 Å². The Hall–Kier alpha value is -2.09. The molecule has 0 spiro atoms. The third-order valence-electron chi connectivity index (χ3n) is 3.08. The fourth-order valence-electron chi connectivity index (χ4n) is 1.72. The van der Waals surface area contributed by atoms with Gasteiger partial charge in [-0.05, 0) is 56.2 Å². The summed E-state index contributed by atoms with van der Waals surface area (Å²) in [6.45, 7) is 6.07. The highest BCUT2D eigenvalue weighted by atomic mass is 16.1. The number of rotatable bonds is 2. The van der Waals surface area contributed by atoms with Crippen LogP contribution >= 0.6 is 0 Å². The molecule has 0 saturated heterocycles. The van der Waals surface area contributed by atoms with Crippen molar-refractivity contribution in [3.05, 3.63) is 64.7 Å². The average molecular weight is 239 g/mol. The molecule has 2 aromatic rings. The van der Waals surface area contributed by atoms with Crippen molar-refractivity contribution in [1.82, 2.24) is 0 Å². The zero-order valence-corrected chi connectivity index (χ0v) is 10.9. The van der Waals surface area contributed by atoms with Crippen molar-refractivity contribution >= 4 is 11.6 Å². The smallest absolute Gasteiger partial charge is 0.255 e. The molecule has 1 N–H and O–H groups in total. The summed E-state index contributed by atoms with van der Waals surface area (Å²) in [5.41, 5.74) is 5.02. The van der Waals surface area contributed by atoms with Crippen LogP contribution < -0.4 is 5.32 Å². The molecule has 0 radical (unpaired) electrons. The predicted octanol–water partition coefficient (Wildman–Crippen LogP) is 3.86. The van der Waals surface area contributed by atoms with Gasteiger partial charge in [-0.3, -0.25) is 4.79 Å². The lowest BCUT2D eigenvalue weighted by molar-refractivity contribution is 0.102. The first-order valence-electron chi connectivity index (χ1n) is 6.01. The molecule has 0 unspecified atom stereocenters. The van der Waals surface area contributed by atoms with E-state index in [1.165, 1.54) is 11.1 Å². The quantitative estimate of drug-likeness (QED) is 0.847. The van der Waals surface area contributed by atoms with Crippen LogP contribution in [0.2, 0.25) is 0 Å². The summed E-state index contributed by atoms with van der Waals surface area (Å²) in [7, 11) is 0. The van der Waals surface area contributed by atoms with E-state index in [1.807, 2.05) is 63.2 Å². The molecule has 0 heterocycles. The SMILES string of the molecule is Cc1ccc(NC(=O)c2ccc(C)c(C)c2)cc1. The third kappa shape index (κ3) is 2.77. The Bertz CT molecular complexity index is 570. The van der Waals surface area contributed by atoms with Gasteiger partial charge in [0.1, 0.15) is 0 Å². The van der Waals surface area contributed by atoms with Crippen molar-refractivity contribution in [1.29, 1.82) is 0 Å². The van der Waals surface area contributed by atoms with E-state index in [9.17, 15) is 4.79 Å². The molecule has 2 rings (SSSR count). The maximum Gasteiger partial charge on any atom is 0.255 e. The molecule has 0 aromatic heterocycles. The second-order valence-corrected chi connectivity index (χ2v) is 4.62. The van der Waals surface area contributed by atoms with Crippen LogP contribution in [0.15, 0.2) is 42.5 Å². The summed E-state index contributed by atoms with van der Waals surface area (Å²) < 4.78 is 0.